The molecule has 12 heavy (non-hydrogen) atoms. The highest BCUT2D eigenvalue weighted by Gasteiger charge is 2.35. The molecule has 2 rings (SSSR count). The zero-order valence-corrected chi connectivity index (χ0v) is 7.73. The zero-order valence-electron chi connectivity index (χ0n) is 6.91. The van der Waals surface area contributed by atoms with Gasteiger partial charge in [-0.2, -0.15) is 4.37 Å². The quantitative estimate of drug-likeness (QED) is 0.712. The molecule has 1 aromatic heterocycles. The summed E-state index contributed by atoms with van der Waals surface area (Å²) < 4.78 is 9.53. The van der Waals surface area contributed by atoms with Crippen molar-refractivity contribution in [3.63, 3.8) is 0 Å². The monoisotopic (exact) mass is 185 g/mol. The topological polar surface area (TPSA) is 61.0 Å². The fourth-order valence-electron chi connectivity index (χ4n) is 1.40. The second kappa shape index (κ2) is 2.67. The average molecular weight is 185 g/mol. The predicted octanol–water partition coefficient (Wildman–Crippen LogP) is 1.15. The number of ether oxygens (including phenoxy) is 1. The molecule has 1 fully saturated rings. The Morgan fingerprint density at radius 1 is 1.67 bits per heavy atom. The van der Waals surface area contributed by atoms with Crippen molar-refractivity contribution in [3.05, 3.63) is 5.01 Å². The Hall–Kier alpha value is -0.680. The fourth-order valence-corrected chi connectivity index (χ4v) is 2.11. The molecule has 2 N–H and O–H groups in total. The first-order valence-corrected chi connectivity index (χ1v) is 4.72. The Bertz CT molecular complexity index is 280. The van der Waals surface area contributed by atoms with Crippen molar-refractivity contribution in [1.82, 2.24) is 9.36 Å². The van der Waals surface area contributed by atoms with Crippen LogP contribution in [0.3, 0.4) is 0 Å². The molecule has 4 nitrogen and oxygen atoms in total. The molecule has 1 aliphatic rings. The lowest BCUT2D eigenvalue weighted by Crippen LogP contribution is -2.19. The van der Waals surface area contributed by atoms with Gasteiger partial charge in [0.25, 0.3) is 0 Å². The largest absolute Gasteiger partial charge is 0.368 e. The maximum atomic E-state index is 5.59. The van der Waals surface area contributed by atoms with Gasteiger partial charge in [-0.1, -0.05) is 0 Å². The van der Waals surface area contributed by atoms with E-state index in [2.05, 4.69) is 9.36 Å². The summed E-state index contributed by atoms with van der Waals surface area (Å²) in [5, 5.41) is 0.900. The summed E-state index contributed by atoms with van der Waals surface area (Å²) in [4.78, 5) is 4.12. The number of aromatic nitrogens is 2. The molecule has 1 saturated heterocycles. The highest BCUT2D eigenvalue weighted by Crippen LogP contribution is 2.36. The number of hydrogen-bond donors (Lipinski definition) is 1. The second-order valence-electron chi connectivity index (χ2n) is 3.14. The van der Waals surface area contributed by atoms with E-state index in [-0.39, 0.29) is 5.60 Å². The number of rotatable bonds is 1. The molecule has 1 aliphatic heterocycles. The number of nitrogens with two attached hydrogens (primary N) is 1. The smallest absolute Gasteiger partial charge is 0.232 e. The molecular formula is C7H11N3OS. The summed E-state index contributed by atoms with van der Waals surface area (Å²) in [6.07, 6.45) is 2.11. The first-order valence-electron chi connectivity index (χ1n) is 3.94. The molecule has 0 aromatic carbocycles. The molecule has 66 valence electrons. The Labute approximate surface area is 74.9 Å². The maximum Gasteiger partial charge on any atom is 0.232 e. The van der Waals surface area contributed by atoms with E-state index in [1.807, 2.05) is 6.92 Å². The number of nitrogens with zero attached hydrogens (tertiary/aromatic N) is 2. The van der Waals surface area contributed by atoms with Crippen LogP contribution in [0.15, 0.2) is 0 Å². The van der Waals surface area contributed by atoms with E-state index in [0.717, 1.165) is 24.5 Å². The van der Waals surface area contributed by atoms with Crippen LogP contribution >= 0.6 is 11.5 Å². The third kappa shape index (κ3) is 1.19. The van der Waals surface area contributed by atoms with Gasteiger partial charge in [-0.3, -0.25) is 0 Å². The van der Waals surface area contributed by atoms with Crippen molar-refractivity contribution in [3.8, 4) is 0 Å². The van der Waals surface area contributed by atoms with Crippen LogP contribution in [0.4, 0.5) is 5.95 Å². The Morgan fingerprint density at radius 3 is 3.00 bits per heavy atom. The van der Waals surface area contributed by atoms with E-state index in [9.17, 15) is 0 Å². The first-order chi connectivity index (χ1) is 5.71. The van der Waals surface area contributed by atoms with Gasteiger partial charge in [0.05, 0.1) is 0 Å². The molecule has 0 radical (unpaired) electrons. The van der Waals surface area contributed by atoms with Crippen molar-refractivity contribution in [2.24, 2.45) is 0 Å². The minimum atomic E-state index is -0.227. The van der Waals surface area contributed by atoms with E-state index >= 15 is 0 Å². The number of nitrogen functional groups attached to an aromatic ring is 1. The van der Waals surface area contributed by atoms with Crippen molar-refractivity contribution in [2.45, 2.75) is 25.4 Å². The van der Waals surface area contributed by atoms with Crippen LogP contribution < -0.4 is 5.73 Å². The molecular weight excluding hydrogens is 174 g/mol. The summed E-state index contributed by atoms with van der Waals surface area (Å²) in [5.41, 5.74) is 5.21. The summed E-state index contributed by atoms with van der Waals surface area (Å²) in [6, 6.07) is 0. The van der Waals surface area contributed by atoms with Gasteiger partial charge in [0.15, 0.2) is 0 Å². The lowest BCUT2D eigenvalue weighted by molar-refractivity contribution is 0.0167. The average Bonchev–Trinajstić information content (AvgIpc) is 2.59. The Kier molecular flexibility index (Phi) is 1.77. The minimum absolute atomic E-state index is 0.227. The van der Waals surface area contributed by atoms with Gasteiger partial charge in [0.1, 0.15) is 10.6 Å². The predicted molar refractivity (Wildman–Crippen MR) is 46.9 cm³/mol. The van der Waals surface area contributed by atoms with Crippen LogP contribution in [-0.2, 0) is 10.3 Å². The number of anilines is 1. The van der Waals surface area contributed by atoms with Gasteiger partial charge >= 0.3 is 0 Å². The lowest BCUT2D eigenvalue weighted by atomic mass is 10.0. The number of hydrogen-bond acceptors (Lipinski definition) is 5. The van der Waals surface area contributed by atoms with Crippen LogP contribution in [0.2, 0.25) is 0 Å². The molecule has 1 aromatic rings. The van der Waals surface area contributed by atoms with E-state index in [1.54, 1.807) is 0 Å². The Balaban J connectivity index is 2.28. The third-order valence-electron chi connectivity index (χ3n) is 2.11. The van der Waals surface area contributed by atoms with Gasteiger partial charge in [-0.05, 0) is 31.3 Å². The molecule has 0 bridgehead atoms. The first kappa shape index (κ1) is 7.94. The molecule has 0 saturated carbocycles. The lowest BCUT2D eigenvalue weighted by Gasteiger charge is -2.18. The highest BCUT2D eigenvalue weighted by molar-refractivity contribution is 7.05. The van der Waals surface area contributed by atoms with Gasteiger partial charge in [0.2, 0.25) is 5.95 Å². The van der Waals surface area contributed by atoms with Crippen molar-refractivity contribution < 1.29 is 4.74 Å². The van der Waals surface area contributed by atoms with Gasteiger partial charge in [-0.25, -0.2) is 4.98 Å². The standard InChI is InChI=1S/C7H11N3OS/c1-7(3-2-4-11-7)5-9-6(8)10-12-5/h2-4H2,1H3,(H2,8,10). The van der Waals surface area contributed by atoms with Crippen LogP contribution in [0.25, 0.3) is 0 Å². The van der Waals surface area contributed by atoms with Gasteiger partial charge < -0.3 is 10.5 Å². The molecule has 2 heterocycles. The molecule has 0 amide bonds. The third-order valence-corrected chi connectivity index (χ3v) is 3.09. The SMILES string of the molecule is CC1(c2nc(N)ns2)CCCO1. The molecule has 0 spiro atoms. The molecule has 1 unspecified atom stereocenters. The summed E-state index contributed by atoms with van der Waals surface area (Å²) >= 11 is 1.33. The molecule has 0 aliphatic carbocycles. The van der Waals surface area contributed by atoms with E-state index < -0.39 is 0 Å². The zero-order chi connectivity index (χ0) is 8.60. The summed E-state index contributed by atoms with van der Waals surface area (Å²) in [6.45, 7) is 2.86. The van der Waals surface area contributed by atoms with Crippen LogP contribution in [0, 0.1) is 0 Å². The highest BCUT2D eigenvalue weighted by atomic mass is 32.1. The van der Waals surface area contributed by atoms with Crippen molar-refractivity contribution in [1.29, 1.82) is 0 Å². The van der Waals surface area contributed by atoms with E-state index in [1.165, 1.54) is 11.5 Å². The van der Waals surface area contributed by atoms with E-state index in [4.69, 9.17) is 10.5 Å². The van der Waals surface area contributed by atoms with E-state index in [0.29, 0.717) is 5.95 Å². The van der Waals surface area contributed by atoms with Crippen LogP contribution in [0.5, 0.6) is 0 Å². The molecule has 1 atom stereocenters. The minimum Gasteiger partial charge on any atom is -0.368 e. The summed E-state index contributed by atoms with van der Waals surface area (Å²) in [7, 11) is 0. The summed E-state index contributed by atoms with van der Waals surface area (Å²) in [5.74, 6) is 0.353. The van der Waals surface area contributed by atoms with Gasteiger partial charge in [0, 0.05) is 6.61 Å². The van der Waals surface area contributed by atoms with Crippen LogP contribution in [-0.4, -0.2) is 16.0 Å². The second-order valence-corrected chi connectivity index (χ2v) is 3.89. The maximum absolute atomic E-state index is 5.59. The van der Waals surface area contributed by atoms with Crippen molar-refractivity contribution >= 4 is 17.5 Å². The Morgan fingerprint density at radius 2 is 2.50 bits per heavy atom. The van der Waals surface area contributed by atoms with Crippen LogP contribution in [0.1, 0.15) is 24.8 Å². The fraction of sp³-hybridized carbons (Fsp3) is 0.714. The van der Waals surface area contributed by atoms with Gasteiger partial charge in [-0.15, -0.1) is 0 Å². The molecule has 5 heteroatoms. The normalized spacial score (nSPS) is 29.4. The van der Waals surface area contributed by atoms with Crippen molar-refractivity contribution in [2.75, 3.05) is 12.3 Å².